The van der Waals surface area contributed by atoms with Gasteiger partial charge < -0.3 is 10.6 Å². The van der Waals surface area contributed by atoms with Crippen LogP contribution in [-0.4, -0.2) is 61.5 Å². The number of amides is 1. The van der Waals surface area contributed by atoms with Crippen molar-refractivity contribution in [3.8, 4) is 0 Å². The molecule has 5 nitrogen and oxygen atoms in total. The lowest BCUT2D eigenvalue weighted by molar-refractivity contribution is -0.114. The number of anilines is 1. The molecule has 2 rings (SSSR count). The highest BCUT2D eigenvalue weighted by Crippen LogP contribution is 2.23. The van der Waals surface area contributed by atoms with Gasteiger partial charge in [0, 0.05) is 51.4 Å². The van der Waals surface area contributed by atoms with Gasteiger partial charge >= 0.3 is 0 Å². The number of hydrogen-bond donors (Lipinski definition) is 2. The van der Waals surface area contributed by atoms with E-state index in [-0.39, 0.29) is 5.91 Å². The van der Waals surface area contributed by atoms with Crippen LogP contribution < -0.4 is 10.6 Å². The zero-order valence-corrected chi connectivity index (χ0v) is 14.6. The van der Waals surface area contributed by atoms with E-state index in [0.29, 0.717) is 6.04 Å². The van der Waals surface area contributed by atoms with Crippen molar-refractivity contribution in [3.05, 3.63) is 29.8 Å². The van der Waals surface area contributed by atoms with Crippen molar-refractivity contribution >= 4 is 11.6 Å². The summed E-state index contributed by atoms with van der Waals surface area (Å²) in [5.74, 6) is -0.0288. The van der Waals surface area contributed by atoms with E-state index >= 15 is 0 Å². The molecule has 128 valence electrons. The third kappa shape index (κ3) is 5.30. The topological polar surface area (TPSA) is 47.6 Å². The molecule has 1 unspecified atom stereocenters. The highest BCUT2D eigenvalue weighted by atomic mass is 16.1. The number of likely N-dealkylation sites (N-methyl/N-ethyl adjacent to an activating group) is 1. The largest absolute Gasteiger partial charge is 0.326 e. The average Bonchev–Trinajstić information content (AvgIpc) is 2.56. The van der Waals surface area contributed by atoms with Crippen LogP contribution in [0.4, 0.5) is 5.69 Å². The number of benzene rings is 1. The first kappa shape index (κ1) is 17.9. The molecular weight excluding hydrogens is 288 g/mol. The molecule has 0 aromatic heterocycles. The van der Waals surface area contributed by atoms with Gasteiger partial charge in [0.1, 0.15) is 0 Å². The van der Waals surface area contributed by atoms with Gasteiger partial charge in [-0.15, -0.1) is 0 Å². The summed E-state index contributed by atoms with van der Waals surface area (Å²) in [4.78, 5) is 16.2. The maximum Gasteiger partial charge on any atom is 0.221 e. The summed E-state index contributed by atoms with van der Waals surface area (Å²) >= 11 is 0. The van der Waals surface area contributed by atoms with Crippen LogP contribution >= 0.6 is 0 Å². The van der Waals surface area contributed by atoms with E-state index < -0.39 is 0 Å². The van der Waals surface area contributed by atoms with Crippen molar-refractivity contribution in [3.63, 3.8) is 0 Å². The minimum Gasteiger partial charge on any atom is -0.326 e. The number of hydrogen-bond acceptors (Lipinski definition) is 4. The Balaban J connectivity index is 2.13. The fourth-order valence-electron chi connectivity index (χ4n) is 3.23. The fraction of sp³-hybridized carbons (Fsp3) is 0.611. The highest BCUT2D eigenvalue weighted by Gasteiger charge is 2.22. The normalized spacial score (nSPS) is 17.2. The van der Waals surface area contributed by atoms with E-state index in [1.165, 1.54) is 12.5 Å². The first-order chi connectivity index (χ1) is 11.1. The molecule has 1 atom stereocenters. The molecule has 0 aliphatic carbocycles. The molecule has 1 amide bonds. The minimum absolute atomic E-state index is 0.0288. The van der Waals surface area contributed by atoms with Gasteiger partial charge in [-0.25, -0.2) is 0 Å². The van der Waals surface area contributed by atoms with E-state index in [2.05, 4.69) is 46.4 Å². The van der Waals surface area contributed by atoms with Crippen molar-refractivity contribution in [2.24, 2.45) is 0 Å². The zero-order chi connectivity index (χ0) is 16.7. The van der Waals surface area contributed by atoms with E-state index in [4.69, 9.17) is 0 Å². The Morgan fingerprint density at radius 2 is 1.83 bits per heavy atom. The van der Waals surface area contributed by atoms with E-state index in [9.17, 15) is 4.79 Å². The first-order valence-electron chi connectivity index (χ1n) is 8.68. The Bertz CT molecular complexity index is 478. The van der Waals surface area contributed by atoms with Gasteiger partial charge in [-0.3, -0.25) is 14.6 Å². The van der Waals surface area contributed by atoms with E-state index in [1.54, 1.807) is 0 Å². The van der Waals surface area contributed by atoms with Gasteiger partial charge in [-0.05, 0) is 30.8 Å². The van der Waals surface area contributed by atoms with Gasteiger partial charge in [0.2, 0.25) is 5.91 Å². The molecule has 0 spiro atoms. The summed E-state index contributed by atoms with van der Waals surface area (Å²) in [6.07, 6.45) is 0. The molecule has 1 saturated heterocycles. The Morgan fingerprint density at radius 1 is 1.22 bits per heavy atom. The quantitative estimate of drug-likeness (QED) is 0.806. The average molecular weight is 318 g/mol. The summed E-state index contributed by atoms with van der Waals surface area (Å²) in [6.45, 7) is 13.5. The molecule has 1 aliphatic rings. The van der Waals surface area contributed by atoms with Gasteiger partial charge in [-0.1, -0.05) is 26.0 Å². The van der Waals surface area contributed by atoms with Crippen LogP contribution in [-0.2, 0) is 4.79 Å². The molecule has 0 radical (unpaired) electrons. The highest BCUT2D eigenvalue weighted by molar-refractivity contribution is 5.88. The van der Waals surface area contributed by atoms with Gasteiger partial charge in [0.05, 0.1) is 0 Å². The van der Waals surface area contributed by atoms with Crippen molar-refractivity contribution in [2.45, 2.75) is 26.8 Å². The summed E-state index contributed by atoms with van der Waals surface area (Å²) < 4.78 is 0. The molecule has 1 fully saturated rings. The van der Waals surface area contributed by atoms with E-state index in [0.717, 1.165) is 51.5 Å². The number of carbonyl (C=O) groups is 1. The van der Waals surface area contributed by atoms with Crippen LogP contribution in [0, 0.1) is 0 Å². The minimum atomic E-state index is -0.0288. The predicted molar refractivity (Wildman–Crippen MR) is 95.7 cm³/mol. The predicted octanol–water partition coefficient (Wildman–Crippen LogP) is 1.93. The molecule has 2 N–H and O–H groups in total. The zero-order valence-electron chi connectivity index (χ0n) is 14.6. The van der Waals surface area contributed by atoms with Crippen molar-refractivity contribution < 1.29 is 4.79 Å². The Kier molecular flexibility index (Phi) is 7.02. The standard InChI is InChI=1S/C18H30N4O/c1-4-22(5-2)18(14-21-12-10-19-11-13-21)16-6-8-17(9-7-16)20-15(3)23/h6-9,18-19H,4-5,10-14H2,1-3H3,(H,20,23). The summed E-state index contributed by atoms with van der Waals surface area (Å²) in [5.41, 5.74) is 2.18. The van der Waals surface area contributed by atoms with Crippen LogP contribution in [0.15, 0.2) is 24.3 Å². The molecule has 0 bridgehead atoms. The number of carbonyl (C=O) groups excluding carboxylic acids is 1. The second-order valence-corrected chi connectivity index (χ2v) is 6.09. The van der Waals surface area contributed by atoms with Gasteiger partial charge in [0.15, 0.2) is 0 Å². The Hall–Kier alpha value is -1.43. The first-order valence-corrected chi connectivity index (χ1v) is 8.68. The Labute approximate surface area is 140 Å². The monoisotopic (exact) mass is 318 g/mol. The van der Waals surface area contributed by atoms with Crippen LogP contribution in [0.2, 0.25) is 0 Å². The van der Waals surface area contributed by atoms with Crippen LogP contribution in [0.25, 0.3) is 0 Å². The number of nitrogens with zero attached hydrogens (tertiary/aromatic N) is 2. The summed E-state index contributed by atoms with van der Waals surface area (Å²) in [7, 11) is 0. The molecule has 5 heteroatoms. The maximum absolute atomic E-state index is 11.2. The second-order valence-electron chi connectivity index (χ2n) is 6.09. The fourth-order valence-corrected chi connectivity index (χ4v) is 3.23. The third-order valence-electron chi connectivity index (χ3n) is 4.51. The van der Waals surface area contributed by atoms with Crippen molar-refractivity contribution in [1.29, 1.82) is 0 Å². The number of rotatable bonds is 7. The third-order valence-corrected chi connectivity index (χ3v) is 4.51. The van der Waals surface area contributed by atoms with Crippen LogP contribution in [0.5, 0.6) is 0 Å². The summed E-state index contributed by atoms with van der Waals surface area (Å²) in [5, 5.41) is 6.25. The second kappa shape index (κ2) is 9.01. The number of piperazine rings is 1. The molecule has 1 aromatic rings. The summed E-state index contributed by atoms with van der Waals surface area (Å²) in [6, 6.07) is 8.71. The van der Waals surface area contributed by atoms with E-state index in [1.807, 2.05) is 12.1 Å². The molecular formula is C18H30N4O. The Morgan fingerprint density at radius 3 is 2.35 bits per heavy atom. The van der Waals surface area contributed by atoms with Crippen LogP contribution in [0.3, 0.4) is 0 Å². The lowest BCUT2D eigenvalue weighted by Crippen LogP contribution is -2.47. The SMILES string of the molecule is CCN(CC)C(CN1CCNCC1)c1ccc(NC(C)=O)cc1. The lowest BCUT2D eigenvalue weighted by Gasteiger charge is -2.36. The molecule has 0 saturated carbocycles. The van der Waals surface area contributed by atoms with Crippen LogP contribution in [0.1, 0.15) is 32.4 Å². The molecule has 1 aromatic carbocycles. The van der Waals surface area contributed by atoms with Crippen molar-refractivity contribution in [1.82, 2.24) is 15.1 Å². The lowest BCUT2D eigenvalue weighted by atomic mass is 10.0. The van der Waals surface area contributed by atoms with Crippen molar-refractivity contribution in [2.75, 3.05) is 51.1 Å². The smallest absolute Gasteiger partial charge is 0.221 e. The van der Waals surface area contributed by atoms with Gasteiger partial charge in [0.25, 0.3) is 0 Å². The van der Waals surface area contributed by atoms with Gasteiger partial charge in [-0.2, -0.15) is 0 Å². The molecule has 1 heterocycles. The number of nitrogens with one attached hydrogen (secondary N) is 2. The maximum atomic E-state index is 11.2. The molecule has 23 heavy (non-hydrogen) atoms. The molecule has 1 aliphatic heterocycles.